The third kappa shape index (κ3) is 4.67. The summed E-state index contributed by atoms with van der Waals surface area (Å²) in [5.41, 5.74) is 2.54. The van der Waals surface area contributed by atoms with E-state index in [1.165, 1.54) is 5.56 Å². The van der Waals surface area contributed by atoms with Gasteiger partial charge in [-0.15, -0.1) is 0 Å². The Kier molecular flexibility index (Phi) is 5.89. The molecule has 0 bridgehead atoms. The summed E-state index contributed by atoms with van der Waals surface area (Å²) in [4.78, 5) is 14.4. The SMILES string of the molecule is c1ccc(CN2CCN(Cc3ccnc(C4CCCOC4)n3)CC2)cc1. The molecule has 2 aliphatic rings. The van der Waals surface area contributed by atoms with Crippen LogP contribution in [0.5, 0.6) is 0 Å². The molecule has 2 saturated heterocycles. The zero-order valence-corrected chi connectivity index (χ0v) is 15.4. The Morgan fingerprint density at radius 2 is 1.73 bits per heavy atom. The van der Waals surface area contributed by atoms with Crippen molar-refractivity contribution in [2.75, 3.05) is 39.4 Å². The van der Waals surface area contributed by atoms with Crippen molar-refractivity contribution in [3.63, 3.8) is 0 Å². The number of nitrogens with zero attached hydrogens (tertiary/aromatic N) is 4. The van der Waals surface area contributed by atoms with Gasteiger partial charge < -0.3 is 4.74 Å². The molecule has 5 nitrogen and oxygen atoms in total. The van der Waals surface area contributed by atoms with Crippen molar-refractivity contribution in [1.82, 2.24) is 19.8 Å². The quantitative estimate of drug-likeness (QED) is 0.828. The fourth-order valence-electron chi connectivity index (χ4n) is 3.82. The normalized spacial score (nSPS) is 22.4. The van der Waals surface area contributed by atoms with Gasteiger partial charge in [-0.2, -0.15) is 0 Å². The van der Waals surface area contributed by atoms with Gasteiger partial charge in [-0.1, -0.05) is 30.3 Å². The molecular weight excluding hydrogens is 324 g/mol. The van der Waals surface area contributed by atoms with E-state index in [1.54, 1.807) is 0 Å². The van der Waals surface area contributed by atoms with Crippen LogP contribution in [0.2, 0.25) is 0 Å². The number of hydrogen-bond acceptors (Lipinski definition) is 5. The molecule has 0 amide bonds. The lowest BCUT2D eigenvalue weighted by Gasteiger charge is -2.34. The number of aromatic nitrogens is 2. The molecule has 1 atom stereocenters. The van der Waals surface area contributed by atoms with E-state index in [1.807, 2.05) is 6.20 Å². The molecule has 2 aromatic rings. The van der Waals surface area contributed by atoms with E-state index in [0.717, 1.165) is 76.8 Å². The zero-order valence-electron chi connectivity index (χ0n) is 15.4. The summed E-state index contributed by atoms with van der Waals surface area (Å²) in [6, 6.07) is 12.8. The van der Waals surface area contributed by atoms with Crippen LogP contribution in [0.4, 0.5) is 0 Å². The van der Waals surface area contributed by atoms with Gasteiger partial charge >= 0.3 is 0 Å². The minimum atomic E-state index is 0.367. The van der Waals surface area contributed by atoms with Crippen LogP contribution in [0, 0.1) is 0 Å². The molecule has 0 saturated carbocycles. The minimum Gasteiger partial charge on any atom is -0.381 e. The second kappa shape index (κ2) is 8.71. The van der Waals surface area contributed by atoms with Crippen LogP contribution >= 0.6 is 0 Å². The fraction of sp³-hybridized carbons (Fsp3) is 0.524. The number of benzene rings is 1. The monoisotopic (exact) mass is 352 g/mol. The lowest BCUT2D eigenvalue weighted by molar-refractivity contribution is 0.0778. The summed E-state index contributed by atoms with van der Waals surface area (Å²) < 4.78 is 5.59. The van der Waals surface area contributed by atoms with Crippen molar-refractivity contribution in [1.29, 1.82) is 0 Å². The summed E-state index contributed by atoms with van der Waals surface area (Å²) in [5.74, 6) is 1.33. The molecule has 138 valence electrons. The first-order valence-electron chi connectivity index (χ1n) is 9.75. The Morgan fingerprint density at radius 1 is 0.962 bits per heavy atom. The van der Waals surface area contributed by atoms with Gasteiger partial charge in [0.05, 0.1) is 12.3 Å². The second-order valence-electron chi connectivity index (χ2n) is 7.36. The number of hydrogen-bond donors (Lipinski definition) is 0. The molecule has 0 N–H and O–H groups in total. The predicted octanol–water partition coefficient (Wildman–Crippen LogP) is 2.69. The van der Waals surface area contributed by atoms with Gasteiger partial charge in [-0.25, -0.2) is 9.97 Å². The maximum Gasteiger partial charge on any atom is 0.133 e. The van der Waals surface area contributed by atoms with Crippen LogP contribution in [0.25, 0.3) is 0 Å². The third-order valence-electron chi connectivity index (χ3n) is 5.36. The van der Waals surface area contributed by atoms with Crippen LogP contribution in [-0.4, -0.2) is 59.2 Å². The largest absolute Gasteiger partial charge is 0.381 e. The van der Waals surface area contributed by atoms with Crippen LogP contribution in [0.3, 0.4) is 0 Å². The molecule has 4 rings (SSSR count). The first-order valence-corrected chi connectivity index (χ1v) is 9.75. The Balaban J connectivity index is 1.29. The van der Waals surface area contributed by atoms with E-state index >= 15 is 0 Å². The molecule has 2 aliphatic heterocycles. The van der Waals surface area contributed by atoms with Gasteiger partial charge in [0.25, 0.3) is 0 Å². The Hall–Kier alpha value is -1.82. The lowest BCUT2D eigenvalue weighted by atomic mass is 10.0. The number of rotatable bonds is 5. The highest BCUT2D eigenvalue weighted by molar-refractivity contribution is 5.14. The molecule has 1 aromatic heterocycles. The summed E-state index contributed by atoms with van der Waals surface area (Å²) >= 11 is 0. The van der Waals surface area contributed by atoms with Crippen LogP contribution in [0.15, 0.2) is 42.6 Å². The van der Waals surface area contributed by atoms with Crippen molar-refractivity contribution in [3.8, 4) is 0 Å². The van der Waals surface area contributed by atoms with E-state index in [0.29, 0.717) is 5.92 Å². The van der Waals surface area contributed by atoms with Gasteiger partial charge in [0.15, 0.2) is 0 Å². The van der Waals surface area contributed by atoms with Crippen LogP contribution < -0.4 is 0 Å². The van der Waals surface area contributed by atoms with E-state index in [9.17, 15) is 0 Å². The van der Waals surface area contributed by atoms with Crippen molar-refractivity contribution < 1.29 is 4.74 Å². The molecule has 3 heterocycles. The highest BCUT2D eigenvalue weighted by Gasteiger charge is 2.21. The summed E-state index contributed by atoms with van der Waals surface area (Å²) in [6.45, 7) is 8.03. The second-order valence-corrected chi connectivity index (χ2v) is 7.36. The third-order valence-corrected chi connectivity index (χ3v) is 5.36. The minimum absolute atomic E-state index is 0.367. The topological polar surface area (TPSA) is 41.5 Å². The number of piperazine rings is 1. The Morgan fingerprint density at radius 3 is 2.46 bits per heavy atom. The first-order chi connectivity index (χ1) is 12.9. The van der Waals surface area contributed by atoms with Gasteiger partial charge in [-0.3, -0.25) is 9.80 Å². The van der Waals surface area contributed by atoms with E-state index in [-0.39, 0.29) is 0 Å². The summed E-state index contributed by atoms with van der Waals surface area (Å²) in [6.07, 6.45) is 4.17. The average Bonchev–Trinajstić information content (AvgIpc) is 2.71. The van der Waals surface area contributed by atoms with E-state index < -0.39 is 0 Å². The maximum atomic E-state index is 5.59. The molecular formula is C21H28N4O. The molecule has 5 heteroatoms. The fourth-order valence-corrected chi connectivity index (χ4v) is 3.82. The highest BCUT2D eigenvalue weighted by Crippen LogP contribution is 2.22. The predicted molar refractivity (Wildman–Crippen MR) is 102 cm³/mol. The van der Waals surface area contributed by atoms with Gasteiger partial charge in [0.1, 0.15) is 5.82 Å². The van der Waals surface area contributed by atoms with Crippen molar-refractivity contribution in [2.24, 2.45) is 0 Å². The molecule has 26 heavy (non-hydrogen) atoms. The van der Waals surface area contributed by atoms with Gasteiger partial charge in [0, 0.05) is 58.0 Å². The van der Waals surface area contributed by atoms with Crippen LogP contribution in [0.1, 0.15) is 35.8 Å². The molecule has 0 aliphatic carbocycles. The molecule has 0 radical (unpaired) electrons. The molecule has 1 unspecified atom stereocenters. The van der Waals surface area contributed by atoms with E-state index in [2.05, 4.69) is 51.2 Å². The number of ether oxygens (including phenoxy) is 1. The van der Waals surface area contributed by atoms with Crippen molar-refractivity contribution in [3.05, 3.63) is 59.7 Å². The highest BCUT2D eigenvalue weighted by atomic mass is 16.5. The Bertz CT molecular complexity index is 679. The summed E-state index contributed by atoms with van der Waals surface area (Å²) in [7, 11) is 0. The molecule has 1 aromatic carbocycles. The maximum absolute atomic E-state index is 5.59. The molecule has 0 spiro atoms. The zero-order chi connectivity index (χ0) is 17.6. The van der Waals surface area contributed by atoms with Crippen molar-refractivity contribution in [2.45, 2.75) is 31.8 Å². The van der Waals surface area contributed by atoms with Gasteiger partial charge in [0.2, 0.25) is 0 Å². The van der Waals surface area contributed by atoms with Crippen LogP contribution in [-0.2, 0) is 17.8 Å². The summed E-state index contributed by atoms with van der Waals surface area (Å²) in [5, 5.41) is 0. The first kappa shape index (κ1) is 17.6. The lowest BCUT2D eigenvalue weighted by Crippen LogP contribution is -2.45. The van der Waals surface area contributed by atoms with Gasteiger partial charge in [-0.05, 0) is 24.5 Å². The standard InChI is InChI=1S/C21H28N4O/c1-2-5-18(6-3-1)15-24-10-12-25(13-11-24)16-20-8-9-22-21(23-20)19-7-4-14-26-17-19/h1-3,5-6,8-9,19H,4,7,10-17H2. The van der Waals surface area contributed by atoms with Crippen molar-refractivity contribution >= 4 is 0 Å². The average molecular weight is 352 g/mol. The van der Waals surface area contributed by atoms with E-state index in [4.69, 9.17) is 9.72 Å². The molecule has 2 fully saturated rings. The smallest absolute Gasteiger partial charge is 0.133 e. The Labute approximate surface area is 156 Å².